The highest BCUT2D eigenvalue weighted by atomic mass is 16.7. The summed E-state index contributed by atoms with van der Waals surface area (Å²) < 4.78 is 11.1. The molecule has 1 saturated heterocycles. The van der Waals surface area contributed by atoms with Gasteiger partial charge in [0.15, 0.2) is 6.29 Å². The molecule has 0 unspecified atom stereocenters. The third kappa shape index (κ3) is 27.3. The maximum atomic E-state index is 13.1. The van der Waals surface area contributed by atoms with Gasteiger partial charge in [-0.15, -0.1) is 0 Å². The number of rotatable bonds is 38. The molecule has 1 heterocycles. The number of hydrogen-bond acceptors (Lipinski definition) is 9. The minimum Gasteiger partial charge on any atom is -0.394 e. The minimum atomic E-state index is -1.62. The summed E-state index contributed by atoms with van der Waals surface area (Å²) in [7, 11) is 0. The average molecular weight is 824 g/mol. The second kappa shape index (κ2) is 37.2. The van der Waals surface area contributed by atoms with E-state index in [1.165, 1.54) is 134 Å². The largest absolute Gasteiger partial charge is 0.394 e. The highest BCUT2D eigenvalue weighted by Gasteiger charge is 2.44. The number of nitrogens with one attached hydrogen (secondary N) is 1. The van der Waals surface area contributed by atoms with Crippen LogP contribution in [0.2, 0.25) is 0 Å². The van der Waals surface area contributed by atoms with E-state index in [9.17, 15) is 35.4 Å². The summed E-state index contributed by atoms with van der Waals surface area (Å²) in [5.74, 6) is -0.632. The van der Waals surface area contributed by atoms with Crippen molar-refractivity contribution in [1.29, 1.82) is 0 Å². The SMILES string of the molecule is CCCCCCC/C=C/C(C)=C/CC/C=C/[C@@H](O)[C@H](CO[C@@H]1O[C@H](CO)[C@H](O)[C@H](O)[C@H]1O)NC(=O)[C@H](O)CCCCCCCCCCCCCCCCCCCCC. The molecule has 1 fully saturated rings. The molecule has 340 valence electrons. The molecule has 0 radical (unpaired) electrons. The highest BCUT2D eigenvalue weighted by molar-refractivity contribution is 5.80. The van der Waals surface area contributed by atoms with E-state index in [4.69, 9.17) is 9.47 Å². The first-order chi connectivity index (χ1) is 28.2. The average Bonchev–Trinajstić information content (AvgIpc) is 3.22. The lowest BCUT2D eigenvalue weighted by atomic mass is 9.99. The Balaban J connectivity index is 2.45. The molecule has 7 N–H and O–H groups in total. The summed E-state index contributed by atoms with van der Waals surface area (Å²) in [6.45, 7) is 5.63. The fraction of sp³-hybridized carbons (Fsp3) is 0.854. The quantitative estimate of drug-likeness (QED) is 0.0183. The van der Waals surface area contributed by atoms with E-state index in [0.717, 1.165) is 32.1 Å². The second-order valence-corrected chi connectivity index (χ2v) is 16.9. The van der Waals surface area contributed by atoms with Crippen LogP contribution >= 0.6 is 0 Å². The van der Waals surface area contributed by atoms with Crippen LogP contribution in [0.25, 0.3) is 0 Å². The lowest BCUT2D eigenvalue weighted by Crippen LogP contribution is -2.60. The molecule has 0 aromatic heterocycles. The molecule has 1 aliphatic rings. The van der Waals surface area contributed by atoms with Gasteiger partial charge in [0.05, 0.1) is 25.4 Å². The molecule has 1 aliphatic heterocycles. The number of unbranched alkanes of at least 4 members (excludes halogenated alkanes) is 24. The summed E-state index contributed by atoms with van der Waals surface area (Å²) in [6.07, 6.45) is 33.4. The number of aliphatic hydroxyl groups is 6. The van der Waals surface area contributed by atoms with Gasteiger partial charge in [0.2, 0.25) is 5.91 Å². The maximum Gasteiger partial charge on any atom is 0.249 e. The number of hydrogen-bond donors (Lipinski definition) is 7. The first-order valence-corrected chi connectivity index (χ1v) is 23.7. The molecule has 1 rings (SSSR count). The van der Waals surface area contributed by atoms with Gasteiger partial charge in [0.25, 0.3) is 0 Å². The Bertz CT molecular complexity index is 1050. The molecule has 0 bridgehead atoms. The maximum absolute atomic E-state index is 13.1. The lowest BCUT2D eigenvalue weighted by Gasteiger charge is -2.40. The number of carbonyl (C=O) groups excluding carboxylic acids is 1. The third-order valence-corrected chi connectivity index (χ3v) is 11.4. The number of aliphatic hydroxyl groups excluding tert-OH is 6. The molecule has 0 saturated carbocycles. The Labute approximate surface area is 354 Å². The zero-order valence-electron chi connectivity index (χ0n) is 37.1. The van der Waals surface area contributed by atoms with Gasteiger partial charge < -0.3 is 45.4 Å². The Hall–Kier alpha value is -1.63. The fourth-order valence-electron chi connectivity index (χ4n) is 7.44. The van der Waals surface area contributed by atoms with Gasteiger partial charge in [-0.25, -0.2) is 0 Å². The van der Waals surface area contributed by atoms with E-state index >= 15 is 0 Å². The van der Waals surface area contributed by atoms with Crippen LogP contribution in [-0.4, -0.2) is 98.7 Å². The van der Waals surface area contributed by atoms with Gasteiger partial charge >= 0.3 is 0 Å². The molecule has 58 heavy (non-hydrogen) atoms. The van der Waals surface area contributed by atoms with Crippen molar-refractivity contribution in [3.63, 3.8) is 0 Å². The van der Waals surface area contributed by atoms with E-state index in [2.05, 4.69) is 44.3 Å². The normalized spacial score (nSPS) is 21.9. The Morgan fingerprint density at radius 2 is 1.16 bits per heavy atom. The minimum absolute atomic E-state index is 0.301. The van der Waals surface area contributed by atoms with Crippen molar-refractivity contribution in [3.05, 3.63) is 36.0 Å². The molecule has 1 amide bonds. The summed E-state index contributed by atoms with van der Waals surface area (Å²) >= 11 is 0. The van der Waals surface area contributed by atoms with Gasteiger partial charge in [0.1, 0.15) is 30.5 Å². The number of allylic oxidation sites excluding steroid dienone is 5. The summed E-state index contributed by atoms with van der Waals surface area (Å²) in [6, 6.07) is -1.01. The third-order valence-electron chi connectivity index (χ3n) is 11.4. The molecule has 0 aromatic carbocycles. The van der Waals surface area contributed by atoms with Crippen LogP contribution in [0.5, 0.6) is 0 Å². The predicted molar refractivity (Wildman–Crippen MR) is 236 cm³/mol. The summed E-state index contributed by atoms with van der Waals surface area (Å²) in [4.78, 5) is 13.1. The van der Waals surface area contributed by atoms with Gasteiger partial charge in [-0.1, -0.05) is 197 Å². The van der Waals surface area contributed by atoms with Crippen molar-refractivity contribution in [2.24, 2.45) is 0 Å². The molecule has 0 aliphatic carbocycles. The van der Waals surface area contributed by atoms with Crippen LogP contribution in [0.3, 0.4) is 0 Å². The van der Waals surface area contributed by atoms with E-state index < -0.39 is 61.5 Å². The Kier molecular flexibility index (Phi) is 34.8. The van der Waals surface area contributed by atoms with Crippen molar-refractivity contribution in [1.82, 2.24) is 5.32 Å². The zero-order chi connectivity index (χ0) is 42.6. The summed E-state index contributed by atoms with van der Waals surface area (Å²) in [5, 5.41) is 64.7. The van der Waals surface area contributed by atoms with Gasteiger partial charge in [-0.2, -0.15) is 0 Å². The zero-order valence-corrected chi connectivity index (χ0v) is 37.1. The molecule has 10 nitrogen and oxygen atoms in total. The van der Waals surface area contributed by atoms with E-state index in [0.29, 0.717) is 19.3 Å². The Morgan fingerprint density at radius 3 is 1.67 bits per heavy atom. The van der Waals surface area contributed by atoms with Gasteiger partial charge in [0, 0.05) is 0 Å². The first kappa shape index (κ1) is 54.4. The van der Waals surface area contributed by atoms with Gasteiger partial charge in [-0.3, -0.25) is 4.79 Å². The molecule has 0 aromatic rings. The predicted octanol–water partition coefficient (Wildman–Crippen LogP) is 9.03. The van der Waals surface area contributed by atoms with Crippen molar-refractivity contribution in [2.75, 3.05) is 13.2 Å². The standard InChI is InChI=1S/C48H89NO9/c1-4-6-8-10-12-13-14-15-16-17-18-19-20-21-22-23-25-27-31-36-42(52)47(56)49-40(38-57-48-46(55)45(54)44(53)43(37-50)58-48)41(51)35-32-28-30-34-39(3)33-29-26-24-11-9-7-5-2/h29,32-35,40-46,48,50-55H,4-28,30-31,36-38H2,1-3H3,(H,49,56)/b33-29+,35-32+,39-34+/t40-,41+,42+,43+,44-,45-,46+,48+/m0/s1. The molecular weight excluding hydrogens is 735 g/mol. The van der Waals surface area contributed by atoms with Gasteiger partial charge in [-0.05, 0) is 39.0 Å². The van der Waals surface area contributed by atoms with E-state index in [-0.39, 0.29) is 6.61 Å². The topological polar surface area (TPSA) is 169 Å². The van der Waals surface area contributed by atoms with Crippen LogP contribution in [0.15, 0.2) is 36.0 Å². The monoisotopic (exact) mass is 824 g/mol. The van der Waals surface area contributed by atoms with Crippen molar-refractivity contribution in [2.45, 2.75) is 250 Å². The van der Waals surface area contributed by atoms with E-state index in [1.807, 2.05) is 6.08 Å². The number of carbonyl (C=O) groups is 1. The van der Waals surface area contributed by atoms with Crippen molar-refractivity contribution in [3.8, 4) is 0 Å². The molecular formula is C48H89NO9. The van der Waals surface area contributed by atoms with Crippen molar-refractivity contribution < 1.29 is 44.9 Å². The first-order valence-electron chi connectivity index (χ1n) is 23.7. The highest BCUT2D eigenvalue weighted by Crippen LogP contribution is 2.23. The number of amides is 1. The summed E-state index contributed by atoms with van der Waals surface area (Å²) in [5.41, 5.74) is 1.18. The van der Waals surface area contributed by atoms with Crippen LogP contribution in [0, 0.1) is 0 Å². The molecule has 8 atom stereocenters. The Morgan fingerprint density at radius 1 is 0.655 bits per heavy atom. The van der Waals surface area contributed by atoms with Crippen LogP contribution in [0.1, 0.15) is 201 Å². The van der Waals surface area contributed by atoms with Crippen LogP contribution < -0.4 is 5.32 Å². The lowest BCUT2D eigenvalue weighted by molar-refractivity contribution is -0.302. The molecule has 10 heteroatoms. The van der Waals surface area contributed by atoms with Crippen LogP contribution in [0.4, 0.5) is 0 Å². The van der Waals surface area contributed by atoms with E-state index in [1.54, 1.807) is 6.08 Å². The van der Waals surface area contributed by atoms with Crippen molar-refractivity contribution >= 4 is 5.91 Å². The number of ether oxygens (including phenoxy) is 2. The van der Waals surface area contributed by atoms with Crippen LogP contribution in [-0.2, 0) is 14.3 Å². The molecule has 0 spiro atoms. The fourth-order valence-corrected chi connectivity index (χ4v) is 7.44. The second-order valence-electron chi connectivity index (χ2n) is 16.9. The smallest absolute Gasteiger partial charge is 0.249 e.